The third-order valence-corrected chi connectivity index (χ3v) is 4.53. The third kappa shape index (κ3) is 3.31. The van der Waals surface area contributed by atoms with Crippen LogP contribution in [0.2, 0.25) is 0 Å². The van der Waals surface area contributed by atoms with E-state index in [-0.39, 0.29) is 19.8 Å². The quantitative estimate of drug-likeness (QED) is 0.452. The normalized spacial score (nSPS) is 21.1. The van der Waals surface area contributed by atoms with Gasteiger partial charge in [-0.2, -0.15) is 0 Å². The molecule has 8 nitrogen and oxygen atoms in total. The standard InChI is InChI=1S/C18H22N2O6/c1-3-4-9-24-15(21)7-8-20-16(22)18(2,19-17(20)23)12-5-6-13-14(10-12)26-11-25-13/h5-6,10H,3-4,7-9,11H2,1-2H3,(H,19,23)/t18-/m1/s1. The van der Waals surface area contributed by atoms with Crippen molar-refractivity contribution in [2.45, 2.75) is 38.6 Å². The molecule has 1 aromatic rings. The molecule has 0 unspecified atom stereocenters. The van der Waals surface area contributed by atoms with Crippen LogP contribution in [0.4, 0.5) is 4.79 Å². The Balaban J connectivity index is 1.67. The Kier molecular flexibility index (Phi) is 5.01. The van der Waals surface area contributed by atoms with E-state index < -0.39 is 23.4 Å². The summed E-state index contributed by atoms with van der Waals surface area (Å²) in [6.07, 6.45) is 1.69. The summed E-state index contributed by atoms with van der Waals surface area (Å²) in [6.45, 7) is 4.09. The fourth-order valence-corrected chi connectivity index (χ4v) is 2.91. The average molecular weight is 362 g/mol. The highest BCUT2D eigenvalue weighted by Gasteiger charge is 2.49. The fraction of sp³-hybridized carbons (Fsp3) is 0.500. The minimum Gasteiger partial charge on any atom is -0.466 e. The van der Waals surface area contributed by atoms with Crippen LogP contribution in [0.5, 0.6) is 11.5 Å². The molecular formula is C18H22N2O6. The SMILES string of the molecule is CCCCOC(=O)CCN1C(=O)N[C@](C)(c2ccc3c(c2)OCO3)C1=O. The first-order chi connectivity index (χ1) is 12.5. The number of imide groups is 1. The molecule has 1 aromatic carbocycles. The van der Waals surface area contributed by atoms with E-state index >= 15 is 0 Å². The van der Waals surface area contributed by atoms with Crippen LogP contribution >= 0.6 is 0 Å². The van der Waals surface area contributed by atoms with E-state index in [1.807, 2.05) is 6.92 Å². The van der Waals surface area contributed by atoms with Gasteiger partial charge in [-0.1, -0.05) is 19.4 Å². The molecule has 2 aliphatic heterocycles. The number of ether oxygens (including phenoxy) is 3. The molecule has 140 valence electrons. The Morgan fingerprint density at radius 3 is 2.85 bits per heavy atom. The van der Waals surface area contributed by atoms with Crippen LogP contribution in [0.1, 0.15) is 38.7 Å². The number of rotatable bonds is 7. The average Bonchev–Trinajstić information content (AvgIpc) is 3.17. The highest BCUT2D eigenvalue weighted by molar-refractivity contribution is 6.07. The van der Waals surface area contributed by atoms with Gasteiger partial charge in [-0.3, -0.25) is 14.5 Å². The van der Waals surface area contributed by atoms with Gasteiger partial charge in [-0.15, -0.1) is 0 Å². The van der Waals surface area contributed by atoms with Gasteiger partial charge in [-0.25, -0.2) is 4.79 Å². The van der Waals surface area contributed by atoms with Crippen molar-refractivity contribution in [2.24, 2.45) is 0 Å². The Bertz CT molecular complexity index is 734. The molecular weight excluding hydrogens is 340 g/mol. The van der Waals surface area contributed by atoms with Gasteiger partial charge in [0.05, 0.1) is 13.0 Å². The van der Waals surface area contributed by atoms with Crippen molar-refractivity contribution in [3.05, 3.63) is 23.8 Å². The summed E-state index contributed by atoms with van der Waals surface area (Å²) >= 11 is 0. The Morgan fingerprint density at radius 1 is 1.31 bits per heavy atom. The van der Waals surface area contributed by atoms with Gasteiger partial charge in [0.15, 0.2) is 11.5 Å². The van der Waals surface area contributed by atoms with Gasteiger partial charge in [-0.05, 0) is 31.0 Å². The predicted molar refractivity (Wildman–Crippen MR) is 90.6 cm³/mol. The third-order valence-electron chi connectivity index (χ3n) is 4.53. The van der Waals surface area contributed by atoms with Crippen molar-refractivity contribution in [3.63, 3.8) is 0 Å². The maximum absolute atomic E-state index is 12.8. The molecule has 3 rings (SSSR count). The molecule has 2 aliphatic rings. The van der Waals surface area contributed by atoms with Crippen molar-refractivity contribution < 1.29 is 28.6 Å². The van der Waals surface area contributed by atoms with Crippen molar-refractivity contribution in [1.29, 1.82) is 0 Å². The molecule has 0 aromatic heterocycles. The number of hydrogen-bond acceptors (Lipinski definition) is 6. The van der Waals surface area contributed by atoms with E-state index in [4.69, 9.17) is 14.2 Å². The summed E-state index contributed by atoms with van der Waals surface area (Å²) < 4.78 is 15.7. The van der Waals surface area contributed by atoms with Gasteiger partial charge in [0.2, 0.25) is 6.79 Å². The molecule has 0 radical (unpaired) electrons. The van der Waals surface area contributed by atoms with Crippen molar-refractivity contribution in [3.8, 4) is 11.5 Å². The summed E-state index contributed by atoms with van der Waals surface area (Å²) in [7, 11) is 0. The van der Waals surface area contributed by atoms with E-state index in [1.165, 1.54) is 0 Å². The number of carbonyl (C=O) groups excluding carboxylic acids is 3. The van der Waals surface area contributed by atoms with Crippen LogP contribution < -0.4 is 14.8 Å². The predicted octanol–water partition coefficient (Wildman–Crippen LogP) is 1.92. The number of amides is 3. The number of nitrogens with one attached hydrogen (secondary N) is 1. The molecule has 1 saturated heterocycles. The molecule has 0 saturated carbocycles. The monoisotopic (exact) mass is 362 g/mol. The number of unbranched alkanes of at least 4 members (excludes halogenated alkanes) is 1. The van der Waals surface area contributed by atoms with Crippen LogP contribution in [-0.2, 0) is 19.9 Å². The molecule has 2 heterocycles. The molecule has 3 amide bonds. The van der Waals surface area contributed by atoms with Gasteiger partial charge >= 0.3 is 12.0 Å². The fourth-order valence-electron chi connectivity index (χ4n) is 2.91. The zero-order valence-corrected chi connectivity index (χ0v) is 14.9. The number of urea groups is 1. The van der Waals surface area contributed by atoms with Gasteiger partial charge in [0, 0.05) is 6.54 Å². The van der Waals surface area contributed by atoms with Gasteiger partial charge < -0.3 is 19.5 Å². The number of esters is 1. The summed E-state index contributed by atoms with van der Waals surface area (Å²) in [5, 5.41) is 2.70. The zero-order chi connectivity index (χ0) is 18.7. The van der Waals surface area contributed by atoms with E-state index in [1.54, 1.807) is 25.1 Å². The molecule has 8 heteroatoms. The molecule has 1 fully saturated rings. The van der Waals surface area contributed by atoms with E-state index in [0.717, 1.165) is 17.7 Å². The largest absolute Gasteiger partial charge is 0.466 e. The van der Waals surface area contributed by atoms with Crippen LogP contribution in [0.15, 0.2) is 18.2 Å². The minimum absolute atomic E-state index is 0.0181. The lowest BCUT2D eigenvalue weighted by Crippen LogP contribution is -2.41. The zero-order valence-electron chi connectivity index (χ0n) is 14.9. The number of benzene rings is 1. The molecule has 1 atom stereocenters. The summed E-state index contributed by atoms with van der Waals surface area (Å²) in [4.78, 5) is 37.9. The molecule has 0 aliphatic carbocycles. The Labute approximate surface area is 151 Å². The second-order valence-corrected chi connectivity index (χ2v) is 6.40. The highest BCUT2D eigenvalue weighted by atomic mass is 16.7. The van der Waals surface area contributed by atoms with Crippen LogP contribution in [0.25, 0.3) is 0 Å². The number of hydrogen-bond donors (Lipinski definition) is 1. The second kappa shape index (κ2) is 7.23. The minimum atomic E-state index is -1.22. The van der Waals surface area contributed by atoms with Crippen LogP contribution in [0, 0.1) is 0 Å². The second-order valence-electron chi connectivity index (χ2n) is 6.40. The highest BCUT2D eigenvalue weighted by Crippen LogP contribution is 2.37. The summed E-state index contributed by atoms with van der Waals surface area (Å²) in [6, 6.07) is 4.57. The maximum atomic E-state index is 12.8. The van der Waals surface area contributed by atoms with E-state index in [9.17, 15) is 14.4 Å². The molecule has 0 bridgehead atoms. The molecule has 1 N–H and O–H groups in total. The number of carbonyl (C=O) groups is 3. The van der Waals surface area contributed by atoms with Crippen LogP contribution in [0.3, 0.4) is 0 Å². The lowest BCUT2D eigenvalue weighted by Gasteiger charge is -2.22. The Hall–Kier alpha value is -2.77. The number of fused-ring (bicyclic) bond motifs is 1. The lowest BCUT2D eigenvalue weighted by atomic mass is 9.91. The van der Waals surface area contributed by atoms with E-state index in [0.29, 0.717) is 23.7 Å². The van der Waals surface area contributed by atoms with Crippen LogP contribution in [-0.4, -0.2) is 42.8 Å². The first kappa shape index (κ1) is 18.0. The van der Waals surface area contributed by atoms with Crippen molar-refractivity contribution in [2.75, 3.05) is 19.9 Å². The molecule has 0 spiro atoms. The first-order valence-corrected chi connectivity index (χ1v) is 8.65. The van der Waals surface area contributed by atoms with Gasteiger partial charge in [0.25, 0.3) is 5.91 Å². The maximum Gasteiger partial charge on any atom is 0.325 e. The van der Waals surface area contributed by atoms with Crippen molar-refractivity contribution in [1.82, 2.24) is 10.2 Å². The number of nitrogens with zero attached hydrogens (tertiary/aromatic N) is 1. The first-order valence-electron chi connectivity index (χ1n) is 8.65. The summed E-state index contributed by atoms with van der Waals surface area (Å²) in [5.41, 5.74) is -0.627. The lowest BCUT2D eigenvalue weighted by molar-refractivity contribution is -0.144. The van der Waals surface area contributed by atoms with Crippen molar-refractivity contribution >= 4 is 17.9 Å². The smallest absolute Gasteiger partial charge is 0.325 e. The molecule has 26 heavy (non-hydrogen) atoms. The Morgan fingerprint density at radius 2 is 2.08 bits per heavy atom. The van der Waals surface area contributed by atoms with E-state index in [2.05, 4.69) is 5.32 Å². The summed E-state index contributed by atoms with van der Waals surface area (Å²) in [5.74, 6) is 0.294. The van der Waals surface area contributed by atoms with Gasteiger partial charge in [0.1, 0.15) is 5.54 Å². The topological polar surface area (TPSA) is 94.2 Å².